The molecule has 26 heavy (non-hydrogen) atoms. The van der Waals surface area contributed by atoms with Gasteiger partial charge in [-0.1, -0.05) is 18.6 Å². The molecule has 0 aliphatic heterocycles. The largest absolute Gasteiger partial charge is 0.490 e. The van der Waals surface area contributed by atoms with Crippen LogP contribution in [0.3, 0.4) is 0 Å². The molecule has 0 bridgehead atoms. The molecule has 0 spiro atoms. The summed E-state index contributed by atoms with van der Waals surface area (Å²) in [5, 5.41) is 10.0. The number of rotatable bonds is 6. The van der Waals surface area contributed by atoms with Crippen LogP contribution in [0, 0.1) is 5.92 Å². The first kappa shape index (κ1) is 20.5. The summed E-state index contributed by atoms with van der Waals surface area (Å²) < 4.78 is 43.9. The van der Waals surface area contributed by atoms with Gasteiger partial charge in [0, 0.05) is 25.6 Å². The van der Waals surface area contributed by atoms with Crippen LogP contribution in [0.15, 0.2) is 24.3 Å². The molecule has 8 heteroatoms. The molecule has 0 unspecified atom stereocenters. The number of alkyl halides is 3. The quantitative estimate of drug-likeness (QED) is 0.802. The van der Waals surface area contributed by atoms with E-state index in [-0.39, 0.29) is 36.8 Å². The third-order valence-electron chi connectivity index (χ3n) is 4.55. The Balaban J connectivity index is 1.87. The van der Waals surface area contributed by atoms with E-state index in [1.54, 1.807) is 7.05 Å². The fraction of sp³-hybridized carbons (Fsp3) is 0.611. The number of aliphatic hydroxyl groups is 1. The average Bonchev–Trinajstić information content (AvgIpc) is 2.58. The number of nitrogens with two attached hydrogens (primary N) is 1. The van der Waals surface area contributed by atoms with E-state index in [9.17, 15) is 23.1 Å². The summed E-state index contributed by atoms with van der Waals surface area (Å²) >= 11 is 0. The Morgan fingerprint density at radius 3 is 2.73 bits per heavy atom. The van der Waals surface area contributed by atoms with Crippen LogP contribution in [0.1, 0.15) is 31.2 Å². The summed E-state index contributed by atoms with van der Waals surface area (Å²) in [6, 6.07) is 4.84. The van der Waals surface area contributed by atoms with Crippen LogP contribution in [-0.4, -0.2) is 48.3 Å². The van der Waals surface area contributed by atoms with E-state index in [0.717, 1.165) is 25.3 Å². The lowest BCUT2D eigenvalue weighted by molar-refractivity contribution is -0.139. The maximum atomic E-state index is 12.9. The lowest BCUT2D eigenvalue weighted by Crippen LogP contribution is -2.42. The normalized spacial score (nSPS) is 21.9. The van der Waals surface area contributed by atoms with Gasteiger partial charge in [0.15, 0.2) is 0 Å². The lowest BCUT2D eigenvalue weighted by Gasteiger charge is -2.30. The van der Waals surface area contributed by atoms with Gasteiger partial charge in [-0.25, -0.2) is 0 Å². The summed E-state index contributed by atoms with van der Waals surface area (Å²) in [6.07, 6.45) is -2.44. The number of carbonyl (C=O) groups is 1. The van der Waals surface area contributed by atoms with Crippen LogP contribution < -0.4 is 10.5 Å². The molecule has 1 amide bonds. The van der Waals surface area contributed by atoms with Gasteiger partial charge in [0.25, 0.3) is 0 Å². The highest BCUT2D eigenvalue weighted by atomic mass is 19.4. The molecule has 0 heterocycles. The SMILES string of the molecule is CN(C[C@H](O)COc1ccccc1C(F)(F)F)C(=O)[C@@H]1CCC[C@H](N)C1. The van der Waals surface area contributed by atoms with Crippen molar-refractivity contribution >= 4 is 5.91 Å². The van der Waals surface area contributed by atoms with Gasteiger partial charge in [0.1, 0.15) is 18.5 Å². The number of ether oxygens (including phenoxy) is 1. The van der Waals surface area contributed by atoms with Crippen LogP contribution in [0.5, 0.6) is 5.75 Å². The highest BCUT2D eigenvalue weighted by molar-refractivity contribution is 5.78. The molecule has 1 saturated carbocycles. The standard InChI is InChI=1S/C18H25F3N2O3/c1-23(17(25)12-5-4-6-13(22)9-12)10-14(24)11-26-16-8-3-2-7-15(16)18(19,20)21/h2-3,7-8,12-14,24H,4-6,9-11,22H2,1H3/t12-,13+,14+/m1/s1. The number of likely N-dealkylation sites (N-methyl/N-ethyl adjacent to an activating group) is 1. The number of aliphatic hydroxyl groups excluding tert-OH is 1. The predicted octanol–water partition coefficient (Wildman–Crippen LogP) is 2.42. The van der Waals surface area contributed by atoms with Gasteiger partial charge in [0.05, 0.1) is 5.56 Å². The first-order chi connectivity index (χ1) is 12.2. The molecule has 0 aromatic heterocycles. The van der Waals surface area contributed by atoms with Crippen molar-refractivity contribution in [2.24, 2.45) is 11.7 Å². The minimum Gasteiger partial charge on any atom is -0.490 e. The van der Waals surface area contributed by atoms with Gasteiger partial charge in [-0.05, 0) is 31.4 Å². The molecule has 2 rings (SSSR count). The van der Waals surface area contributed by atoms with Gasteiger partial charge in [-0.2, -0.15) is 13.2 Å². The van der Waals surface area contributed by atoms with Gasteiger partial charge in [0.2, 0.25) is 5.91 Å². The Bertz CT molecular complexity index is 610. The monoisotopic (exact) mass is 374 g/mol. The Morgan fingerprint density at radius 2 is 2.08 bits per heavy atom. The maximum Gasteiger partial charge on any atom is 0.419 e. The van der Waals surface area contributed by atoms with E-state index in [4.69, 9.17) is 10.5 Å². The first-order valence-corrected chi connectivity index (χ1v) is 8.66. The van der Waals surface area contributed by atoms with E-state index >= 15 is 0 Å². The molecule has 146 valence electrons. The summed E-state index contributed by atoms with van der Waals surface area (Å²) in [5.74, 6) is -0.607. The van der Waals surface area contributed by atoms with Gasteiger partial charge in [-0.3, -0.25) is 4.79 Å². The highest BCUT2D eigenvalue weighted by Gasteiger charge is 2.34. The van der Waals surface area contributed by atoms with Crippen LogP contribution in [0.4, 0.5) is 13.2 Å². The molecule has 1 aliphatic rings. The molecule has 0 radical (unpaired) electrons. The van der Waals surface area contributed by atoms with Crippen molar-refractivity contribution < 1.29 is 27.8 Å². The number of nitrogens with zero attached hydrogens (tertiary/aromatic N) is 1. The zero-order valence-corrected chi connectivity index (χ0v) is 14.7. The summed E-state index contributed by atoms with van der Waals surface area (Å²) in [5.41, 5.74) is 5.00. The third kappa shape index (κ3) is 5.60. The number of para-hydroxylation sites is 1. The first-order valence-electron chi connectivity index (χ1n) is 8.66. The van der Waals surface area contributed by atoms with Crippen molar-refractivity contribution in [1.29, 1.82) is 0 Å². The van der Waals surface area contributed by atoms with E-state index in [2.05, 4.69) is 0 Å². The maximum absolute atomic E-state index is 12.9. The second kappa shape index (κ2) is 8.73. The Labute approximate surface area is 150 Å². The lowest BCUT2D eigenvalue weighted by atomic mass is 9.85. The number of carbonyl (C=O) groups excluding carboxylic acids is 1. The summed E-state index contributed by atoms with van der Waals surface area (Å²) in [4.78, 5) is 13.8. The highest BCUT2D eigenvalue weighted by Crippen LogP contribution is 2.35. The van der Waals surface area contributed by atoms with Crippen molar-refractivity contribution in [3.8, 4) is 5.75 Å². The van der Waals surface area contributed by atoms with E-state index in [1.165, 1.54) is 23.1 Å². The zero-order chi connectivity index (χ0) is 19.3. The number of amides is 1. The molecule has 5 nitrogen and oxygen atoms in total. The van der Waals surface area contributed by atoms with Crippen LogP contribution in [-0.2, 0) is 11.0 Å². The van der Waals surface area contributed by atoms with Crippen molar-refractivity contribution in [2.75, 3.05) is 20.2 Å². The molecule has 3 N–H and O–H groups in total. The molecular weight excluding hydrogens is 349 g/mol. The molecule has 1 aromatic carbocycles. The Kier molecular flexibility index (Phi) is 6.88. The van der Waals surface area contributed by atoms with Crippen molar-refractivity contribution in [1.82, 2.24) is 4.90 Å². The summed E-state index contributed by atoms with van der Waals surface area (Å²) in [6.45, 7) is -0.354. The van der Waals surface area contributed by atoms with E-state index in [0.29, 0.717) is 6.42 Å². The number of hydrogen-bond donors (Lipinski definition) is 2. The fourth-order valence-corrected chi connectivity index (χ4v) is 3.24. The second-order valence-electron chi connectivity index (χ2n) is 6.80. The molecule has 1 aliphatic carbocycles. The Hall–Kier alpha value is -1.80. The average molecular weight is 374 g/mol. The summed E-state index contributed by atoms with van der Waals surface area (Å²) in [7, 11) is 1.56. The van der Waals surface area contributed by atoms with Gasteiger partial charge in [-0.15, -0.1) is 0 Å². The number of hydrogen-bond acceptors (Lipinski definition) is 4. The second-order valence-corrected chi connectivity index (χ2v) is 6.80. The predicted molar refractivity (Wildman–Crippen MR) is 90.5 cm³/mol. The smallest absolute Gasteiger partial charge is 0.419 e. The van der Waals surface area contributed by atoms with Gasteiger partial charge >= 0.3 is 6.18 Å². The van der Waals surface area contributed by atoms with Crippen LogP contribution >= 0.6 is 0 Å². The van der Waals surface area contributed by atoms with E-state index in [1.807, 2.05) is 0 Å². The van der Waals surface area contributed by atoms with E-state index < -0.39 is 17.8 Å². The van der Waals surface area contributed by atoms with Crippen molar-refractivity contribution in [2.45, 2.75) is 44.0 Å². The Morgan fingerprint density at radius 1 is 1.38 bits per heavy atom. The molecule has 3 atom stereocenters. The third-order valence-corrected chi connectivity index (χ3v) is 4.55. The molecule has 1 fully saturated rings. The number of halogens is 3. The molecule has 1 aromatic rings. The van der Waals surface area contributed by atoms with Gasteiger partial charge < -0.3 is 20.5 Å². The minimum atomic E-state index is -4.53. The number of benzene rings is 1. The fourth-order valence-electron chi connectivity index (χ4n) is 3.24. The molecule has 0 saturated heterocycles. The van der Waals surface area contributed by atoms with Crippen molar-refractivity contribution in [3.63, 3.8) is 0 Å². The molecular formula is C18H25F3N2O3. The van der Waals surface area contributed by atoms with Crippen LogP contribution in [0.25, 0.3) is 0 Å². The minimum absolute atomic E-state index is 0.0122. The van der Waals surface area contributed by atoms with Crippen molar-refractivity contribution in [3.05, 3.63) is 29.8 Å². The van der Waals surface area contributed by atoms with Crippen LogP contribution in [0.2, 0.25) is 0 Å². The zero-order valence-electron chi connectivity index (χ0n) is 14.7. The topological polar surface area (TPSA) is 75.8 Å².